The number of carbonyl (C=O) groups excluding carboxylic acids is 2. The highest BCUT2D eigenvalue weighted by Gasteiger charge is 2.12. The van der Waals surface area contributed by atoms with E-state index in [9.17, 15) is 9.59 Å². The van der Waals surface area contributed by atoms with Gasteiger partial charge in [-0.25, -0.2) is 4.98 Å². The Morgan fingerprint density at radius 3 is 2.73 bits per heavy atom. The molecule has 0 spiro atoms. The molecule has 116 valence electrons. The van der Waals surface area contributed by atoms with Crippen molar-refractivity contribution in [3.05, 3.63) is 39.8 Å². The van der Waals surface area contributed by atoms with Crippen LogP contribution in [0.3, 0.4) is 0 Å². The lowest BCUT2D eigenvalue weighted by molar-refractivity contribution is -0.115. The van der Waals surface area contributed by atoms with Crippen molar-refractivity contribution < 1.29 is 9.59 Å². The molecule has 7 heteroatoms. The van der Waals surface area contributed by atoms with Crippen LogP contribution in [0.4, 0.5) is 11.4 Å². The average Bonchev–Trinajstić information content (AvgIpc) is 2.99. The molecule has 0 fully saturated rings. The summed E-state index contributed by atoms with van der Waals surface area (Å²) in [6.07, 6.45) is 0.399. The lowest BCUT2D eigenvalue weighted by Crippen LogP contribution is -2.14. The molecule has 0 atom stereocenters. The van der Waals surface area contributed by atoms with Gasteiger partial charge in [0.05, 0.1) is 0 Å². The fourth-order valence-electron chi connectivity index (χ4n) is 1.78. The largest absolute Gasteiger partial charge is 0.326 e. The third-order valence-electron chi connectivity index (χ3n) is 3.05. The number of amides is 2. The topological polar surface area (TPSA) is 97.1 Å². The van der Waals surface area contributed by atoms with E-state index in [1.807, 2.05) is 13.0 Å². The number of rotatable bonds is 5. The average molecular weight is 318 g/mol. The third-order valence-corrected chi connectivity index (χ3v) is 3.92. The zero-order valence-corrected chi connectivity index (χ0v) is 13.3. The van der Waals surface area contributed by atoms with Gasteiger partial charge in [-0.15, -0.1) is 11.3 Å². The van der Waals surface area contributed by atoms with E-state index in [2.05, 4.69) is 15.6 Å². The summed E-state index contributed by atoms with van der Waals surface area (Å²) in [5.41, 5.74) is 8.02. The Morgan fingerprint density at radius 1 is 1.32 bits per heavy atom. The molecule has 2 amide bonds. The van der Waals surface area contributed by atoms with Crippen LogP contribution in [0.2, 0.25) is 0 Å². The Balaban J connectivity index is 2.15. The van der Waals surface area contributed by atoms with E-state index in [0.29, 0.717) is 35.0 Å². The Kier molecular flexibility index (Phi) is 5.24. The summed E-state index contributed by atoms with van der Waals surface area (Å²) in [6.45, 7) is 3.98. The van der Waals surface area contributed by atoms with Crippen molar-refractivity contribution >= 4 is 34.5 Å². The molecular formula is C15H18N4O2S. The second kappa shape index (κ2) is 7.15. The van der Waals surface area contributed by atoms with Crippen molar-refractivity contribution in [2.75, 3.05) is 10.6 Å². The number of benzene rings is 1. The van der Waals surface area contributed by atoms with Gasteiger partial charge in [0.15, 0.2) is 0 Å². The Hall–Kier alpha value is -2.25. The van der Waals surface area contributed by atoms with Gasteiger partial charge in [-0.3, -0.25) is 9.59 Å². The van der Waals surface area contributed by atoms with E-state index in [1.165, 1.54) is 11.3 Å². The summed E-state index contributed by atoms with van der Waals surface area (Å²) in [7, 11) is 0. The fourth-order valence-corrected chi connectivity index (χ4v) is 2.43. The minimum Gasteiger partial charge on any atom is -0.326 e. The maximum Gasteiger partial charge on any atom is 0.275 e. The van der Waals surface area contributed by atoms with Crippen LogP contribution in [0.15, 0.2) is 23.6 Å². The molecule has 2 aromatic rings. The van der Waals surface area contributed by atoms with Crippen molar-refractivity contribution in [1.29, 1.82) is 0 Å². The quantitative estimate of drug-likeness (QED) is 0.789. The smallest absolute Gasteiger partial charge is 0.275 e. The zero-order chi connectivity index (χ0) is 16.1. The minimum atomic E-state index is -0.294. The first kappa shape index (κ1) is 16.1. The van der Waals surface area contributed by atoms with Gasteiger partial charge in [0.2, 0.25) is 5.91 Å². The van der Waals surface area contributed by atoms with Crippen LogP contribution in [0, 0.1) is 6.92 Å². The number of aryl methyl sites for hydroxylation is 1. The van der Waals surface area contributed by atoms with Gasteiger partial charge in [-0.2, -0.15) is 0 Å². The van der Waals surface area contributed by atoms with Gasteiger partial charge in [-0.1, -0.05) is 13.0 Å². The summed E-state index contributed by atoms with van der Waals surface area (Å²) in [5, 5.41) is 7.96. The lowest BCUT2D eigenvalue weighted by atomic mass is 10.1. The number of nitrogens with zero attached hydrogens (tertiary/aromatic N) is 1. The molecule has 1 aromatic heterocycles. The minimum absolute atomic E-state index is 0.0757. The van der Waals surface area contributed by atoms with Crippen LogP contribution >= 0.6 is 11.3 Å². The molecule has 0 aliphatic carbocycles. The number of anilines is 2. The van der Waals surface area contributed by atoms with Crippen LogP contribution in [-0.2, 0) is 11.3 Å². The Bertz CT molecular complexity index is 697. The van der Waals surface area contributed by atoms with E-state index in [4.69, 9.17) is 5.73 Å². The van der Waals surface area contributed by atoms with E-state index in [1.54, 1.807) is 24.4 Å². The monoisotopic (exact) mass is 318 g/mol. The standard InChI is InChI=1S/C15H18N4O2S/c1-3-13(20)17-10-5-4-9(2)11(6-10)19-15(21)12-8-22-14(7-16)18-12/h4-6,8H,3,7,16H2,1-2H3,(H,17,20)(H,19,21). The zero-order valence-electron chi connectivity index (χ0n) is 12.5. The van der Waals surface area contributed by atoms with Gasteiger partial charge in [0.25, 0.3) is 5.91 Å². The predicted molar refractivity (Wildman–Crippen MR) is 88.1 cm³/mol. The highest BCUT2D eigenvalue weighted by Crippen LogP contribution is 2.21. The molecule has 6 nitrogen and oxygen atoms in total. The van der Waals surface area contributed by atoms with Crippen molar-refractivity contribution in [1.82, 2.24) is 4.98 Å². The molecule has 0 radical (unpaired) electrons. The van der Waals surface area contributed by atoms with Crippen LogP contribution < -0.4 is 16.4 Å². The molecule has 2 rings (SSSR count). The summed E-state index contributed by atoms with van der Waals surface area (Å²) in [6, 6.07) is 5.37. The highest BCUT2D eigenvalue weighted by atomic mass is 32.1. The number of hydrogen-bond acceptors (Lipinski definition) is 5. The maximum atomic E-state index is 12.2. The van der Waals surface area contributed by atoms with Crippen LogP contribution in [-0.4, -0.2) is 16.8 Å². The Morgan fingerprint density at radius 2 is 2.09 bits per heavy atom. The highest BCUT2D eigenvalue weighted by molar-refractivity contribution is 7.09. The first-order valence-electron chi connectivity index (χ1n) is 6.89. The maximum absolute atomic E-state index is 12.2. The van der Waals surface area contributed by atoms with Gasteiger partial charge in [-0.05, 0) is 24.6 Å². The van der Waals surface area contributed by atoms with Gasteiger partial charge in [0.1, 0.15) is 10.7 Å². The SMILES string of the molecule is CCC(=O)Nc1ccc(C)c(NC(=O)c2csc(CN)n2)c1. The molecule has 0 unspecified atom stereocenters. The van der Waals surface area contributed by atoms with Crippen LogP contribution in [0.25, 0.3) is 0 Å². The van der Waals surface area contributed by atoms with Gasteiger partial charge >= 0.3 is 0 Å². The van der Waals surface area contributed by atoms with Crippen LogP contribution in [0.5, 0.6) is 0 Å². The number of nitrogens with one attached hydrogen (secondary N) is 2. The van der Waals surface area contributed by atoms with E-state index in [-0.39, 0.29) is 11.8 Å². The van der Waals surface area contributed by atoms with Crippen molar-refractivity contribution in [2.24, 2.45) is 5.73 Å². The summed E-state index contributed by atoms with van der Waals surface area (Å²) in [4.78, 5) is 27.8. The molecule has 0 aliphatic rings. The number of hydrogen-bond donors (Lipinski definition) is 3. The lowest BCUT2D eigenvalue weighted by Gasteiger charge is -2.10. The number of thiazole rings is 1. The molecule has 0 aliphatic heterocycles. The fraction of sp³-hybridized carbons (Fsp3) is 0.267. The van der Waals surface area contributed by atoms with Gasteiger partial charge in [0, 0.05) is 29.7 Å². The third kappa shape index (κ3) is 3.90. The van der Waals surface area contributed by atoms with Crippen molar-refractivity contribution in [2.45, 2.75) is 26.8 Å². The van der Waals surface area contributed by atoms with Crippen LogP contribution in [0.1, 0.15) is 34.4 Å². The number of aromatic nitrogens is 1. The first-order chi connectivity index (χ1) is 10.5. The van der Waals surface area contributed by atoms with E-state index < -0.39 is 0 Å². The van der Waals surface area contributed by atoms with Crippen molar-refractivity contribution in [3.8, 4) is 0 Å². The summed E-state index contributed by atoms with van der Waals surface area (Å²) >= 11 is 1.35. The molecule has 1 aromatic carbocycles. The van der Waals surface area contributed by atoms with Gasteiger partial charge < -0.3 is 16.4 Å². The second-order valence-electron chi connectivity index (χ2n) is 4.72. The first-order valence-corrected chi connectivity index (χ1v) is 7.77. The predicted octanol–water partition coefficient (Wildman–Crippen LogP) is 2.51. The summed E-state index contributed by atoms with van der Waals surface area (Å²) in [5.74, 6) is -0.369. The molecule has 1 heterocycles. The Labute approximate surface area is 132 Å². The van der Waals surface area contributed by atoms with E-state index in [0.717, 1.165) is 5.56 Å². The molecule has 0 saturated heterocycles. The normalized spacial score (nSPS) is 10.3. The molecule has 22 heavy (non-hydrogen) atoms. The van der Waals surface area contributed by atoms with E-state index >= 15 is 0 Å². The molecule has 0 saturated carbocycles. The number of carbonyl (C=O) groups is 2. The molecular weight excluding hydrogens is 300 g/mol. The summed E-state index contributed by atoms with van der Waals surface area (Å²) < 4.78 is 0. The van der Waals surface area contributed by atoms with Crippen molar-refractivity contribution in [3.63, 3.8) is 0 Å². The molecule has 4 N–H and O–H groups in total. The number of nitrogens with two attached hydrogens (primary N) is 1. The molecule has 0 bridgehead atoms. The second-order valence-corrected chi connectivity index (χ2v) is 5.66.